The number of hydrogen-bond acceptors (Lipinski definition) is 2. The van der Waals surface area contributed by atoms with Gasteiger partial charge in [-0.3, -0.25) is 0 Å². The van der Waals surface area contributed by atoms with Crippen LogP contribution in [0.2, 0.25) is 0 Å². The van der Waals surface area contributed by atoms with E-state index in [4.69, 9.17) is 11.3 Å². The van der Waals surface area contributed by atoms with Crippen LogP contribution in [0.5, 0.6) is 0 Å². The molecule has 0 aliphatic heterocycles. The largest absolute Gasteiger partial charge is 0.399 e. The first-order chi connectivity index (χ1) is 6.68. The first kappa shape index (κ1) is 12.2. The van der Waals surface area contributed by atoms with E-state index in [0.29, 0.717) is 5.92 Å². The summed E-state index contributed by atoms with van der Waals surface area (Å²) in [5.74, 6) is 6.58. The summed E-state index contributed by atoms with van der Waals surface area (Å²) in [6.45, 7) is 4.15. The second kappa shape index (κ2) is 6.67. The summed E-state index contributed by atoms with van der Waals surface area (Å²) in [5.41, 5.74) is 16.3. The third-order valence-electron chi connectivity index (χ3n) is 1.42. The van der Waals surface area contributed by atoms with Gasteiger partial charge >= 0.3 is 0 Å². The van der Waals surface area contributed by atoms with E-state index in [1.807, 2.05) is 24.3 Å². The molecular formula is C11H16N3+. The number of benzene rings is 1. The maximum atomic E-state index is 5.53. The van der Waals surface area contributed by atoms with Crippen LogP contribution in [0.1, 0.15) is 19.4 Å². The highest BCUT2D eigenvalue weighted by molar-refractivity contribution is 5.44. The lowest BCUT2D eigenvalue weighted by Gasteiger charge is -1.92. The molecule has 0 bridgehead atoms. The standard InChI is InChI=1S/C11H13N.H2N2/c1-9(2)3-4-10-5-7-11(12)8-6-10;1-2/h5-9H,12H2,1-2H3;1-2H/p+1. The quantitative estimate of drug-likeness (QED) is 0.319. The maximum Gasteiger partial charge on any atom is 0.0314 e. The van der Waals surface area contributed by atoms with Crippen LogP contribution in [0.4, 0.5) is 5.69 Å². The fraction of sp³-hybridized carbons (Fsp3) is 0.273. The van der Waals surface area contributed by atoms with Gasteiger partial charge in [0, 0.05) is 17.2 Å². The van der Waals surface area contributed by atoms with Gasteiger partial charge in [0.1, 0.15) is 0 Å². The molecule has 0 saturated heterocycles. The molecule has 14 heavy (non-hydrogen) atoms. The predicted octanol–water partition coefficient (Wildman–Crippen LogP) is 1.05. The van der Waals surface area contributed by atoms with Crippen LogP contribution in [-0.4, -0.2) is 0 Å². The van der Waals surface area contributed by atoms with Crippen molar-refractivity contribution in [3.63, 3.8) is 0 Å². The molecule has 0 heterocycles. The van der Waals surface area contributed by atoms with Crippen LogP contribution in [0, 0.1) is 23.3 Å². The zero-order chi connectivity index (χ0) is 11.0. The highest BCUT2D eigenvalue weighted by atomic mass is 14.7. The molecule has 0 atom stereocenters. The second-order valence-corrected chi connectivity index (χ2v) is 3.05. The second-order valence-electron chi connectivity index (χ2n) is 3.05. The van der Waals surface area contributed by atoms with Crippen molar-refractivity contribution in [3.05, 3.63) is 29.8 Å². The Morgan fingerprint density at radius 3 is 2.14 bits per heavy atom. The molecule has 0 unspecified atom stereocenters. The summed E-state index contributed by atoms with van der Waals surface area (Å²) < 4.78 is 0. The highest BCUT2D eigenvalue weighted by Gasteiger charge is 1.86. The van der Waals surface area contributed by atoms with Crippen LogP contribution in [0.3, 0.4) is 0 Å². The van der Waals surface area contributed by atoms with Crippen molar-refractivity contribution in [1.82, 2.24) is 0 Å². The number of anilines is 1. The Kier molecular flexibility index (Phi) is 5.80. The smallest absolute Gasteiger partial charge is 0.0314 e. The molecule has 0 fully saturated rings. The summed E-state index contributed by atoms with van der Waals surface area (Å²) in [7, 11) is 0. The van der Waals surface area contributed by atoms with Crippen LogP contribution in [0.25, 0.3) is 0 Å². The van der Waals surface area contributed by atoms with Crippen LogP contribution >= 0.6 is 0 Å². The SMILES string of the molecule is CC(C)C#Cc1ccc(N)cc1.N=[NH2+]. The predicted molar refractivity (Wildman–Crippen MR) is 57.2 cm³/mol. The lowest BCUT2D eigenvalue weighted by molar-refractivity contribution is -0.249. The van der Waals surface area contributed by atoms with Gasteiger partial charge in [-0.05, 0) is 24.3 Å². The summed E-state index contributed by atoms with van der Waals surface area (Å²) in [6.07, 6.45) is 0. The maximum absolute atomic E-state index is 5.53. The first-order valence-electron chi connectivity index (χ1n) is 4.34. The fourth-order valence-corrected chi connectivity index (χ4v) is 0.794. The zero-order valence-corrected chi connectivity index (χ0v) is 8.54. The zero-order valence-electron chi connectivity index (χ0n) is 8.54. The van der Waals surface area contributed by atoms with Gasteiger partial charge < -0.3 is 5.73 Å². The molecule has 0 spiro atoms. The first-order valence-corrected chi connectivity index (χ1v) is 4.34. The molecule has 1 aromatic carbocycles. The van der Waals surface area contributed by atoms with Crippen molar-refractivity contribution in [2.45, 2.75) is 13.8 Å². The number of nitrogens with two attached hydrogens (primary N) is 2. The fourth-order valence-electron chi connectivity index (χ4n) is 0.794. The van der Waals surface area contributed by atoms with Crippen molar-refractivity contribution in [2.24, 2.45) is 5.92 Å². The third kappa shape index (κ3) is 4.94. The Morgan fingerprint density at radius 1 is 1.21 bits per heavy atom. The van der Waals surface area contributed by atoms with Gasteiger partial charge in [-0.15, -0.1) is 0 Å². The minimum atomic E-state index is 0.419. The molecular weight excluding hydrogens is 174 g/mol. The van der Waals surface area contributed by atoms with Crippen LogP contribution in [0.15, 0.2) is 24.3 Å². The molecule has 5 N–H and O–H groups in total. The molecule has 1 rings (SSSR count). The number of nitrogens with one attached hydrogen (secondary N) is 1. The number of rotatable bonds is 0. The molecule has 0 aromatic heterocycles. The van der Waals surface area contributed by atoms with Gasteiger partial charge in [0.2, 0.25) is 0 Å². The van der Waals surface area contributed by atoms with Gasteiger partial charge in [0.05, 0.1) is 0 Å². The van der Waals surface area contributed by atoms with E-state index in [9.17, 15) is 0 Å². The van der Waals surface area contributed by atoms with E-state index in [2.05, 4.69) is 31.2 Å². The molecule has 0 radical (unpaired) electrons. The Hall–Kier alpha value is -1.82. The molecule has 74 valence electrons. The molecule has 3 heteroatoms. The van der Waals surface area contributed by atoms with Crippen LogP contribution < -0.4 is 11.3 Å². The average Bonchev–Trinajstić information content (AvgIpc) is 2.20. The van der Waals surface area contributed by atoms with Crippen LogP contribution in [-0.2, 0) is 0 Å². The monoisotopic (exact) mass is 190 g/mol. The molecule has 0 aliphatic carbocycles. The van der Waals surface area contributed by atoms with E-state index in [1.165, 1.54) is 0 Å². The Bertz CT molecular complexity index is 317. The molecule has 0 amide bonds. The minimum Gasteiger partial charge on any atom is -0.399 e. The van der Waals surface area contributed by atoms with Crippen molar-refractivity contribution >= 4 is 5.69 Å². The summed E-state index contributed by atoms with van der Waals surface area (Å²) in [6, 6.07) is 7.60. The van der Waals surface area contributed by atoms with E-state index >= 15 is 0 Å². The van der Waals surface area contributed by atoms with Gasteiger partial charge in [-0.2, -0.15) is 5.53 Å². The van der Waals surface area contributed by atoms with Crippen molar-refractivity contribution < 1.29 is 5.53 Å². The summed E-state index contributed by atoms with van der Waals surface area (Å²) in [5, 5.41) is 0. The lowest BCUT2D eigenvalue weighted by Crippen LogP contribution is -2.17. The number of nitrogen functional groups attached to an aromatic ring is 1. The van der Waals surface area contributed by atoms with Gasteiger partial charge in [-0.1, -0.05) is 31.2 Å². The molecule has 3 nitrogen and oxygen atoms in total. The Morgan fingerprint density at radius 2 is 1.71 bits per heavy atom. The van der Waals surface area contributed by atoms with E-state index in [-0.39, 0.29) is 0 Å². The highest BCUT2D eigenvalue weighted by Crippen LogP contribution is 2.03. The third-order valence-corrected chi connectivity index (χ3v) is 1.42. The Balaban J connectivity index is 0.000000791. The van der Waals surface area contributed by atoms with E-state index in [0.717, 1.165) is 11.3 Å². The lowest BCUT2D eigenvalue weighted by atomic mass is 10.1. The summed E-state index contributed by atoms with van der Waals surface area (Å²) >= 11 is 0. The van der Waals surface area contributed by atoms with Gasteiger partial charge in [-0.25, -0.2) is 0 Å². The molecule has 0 saturated carbocycles. The topological polar surface area (TPSA) is 75.5 Å². The van der Waals surface area contributed by atoms with Gasteiger partial charge in [0.25, 0.3) is 0 Å². The van der Waals surface area contributed by atoms with E-state index in [1.54, 1.807) is 0 Å². The molecule has 0 aliphatic rings. The Labute approximate surface area is 84.6 Å². The van der Waals surface area contributed by atoms with Crippen molar-refractivity contribution in [1.29, 1.82) is 5.53 Å². The summed E-state index contributed by atoms with van der Waals surface area (Å²) in [4.78, 5) is 0. The van der Waals surface area contributed by atoms with Gasteiger partial charge in [0.15, 0.2) is 0 Å². The minimum absolute atomic E-state index is 0.419. The normalized spacial score (nSPS) is 8.21. The van der Waals surface area contributed by atoms with Crippen molar-refractivity contribution in [3.8, 4) is 11.8 Å². The average molecular weight is 190 g/mol. The number of hydrogen-bond donors (Lipinski definition) is 3. The van der Waals surface area contributed by atoms with E-state index < -0.39 is 0 Å². The van der Waals surface area contributed by atoms with Crippen molar-refractivity contribution in [2.75, 3.05) is 5.73 Å². The molecule has 1 aromatic rings.